The van der Waals surface area contributed by atoms with Crippen LogP contribution in [0, 0.1) is 12.8 Å². The van der Waals surface area contributed by atoms with E-state index in [-0.39, 0.29) is 5.91 Å². The minimum absolute atomic E-state index is 0.0183. The third-order valence-corrected chi connectivity index (χ3v) is 6.80. The largest absolute Gasteiger partial charge is 0.350 e. The topological polar surface area (TPSA) is 61.0 Å². The molecule has 1 amide bonds. The molecule has 0 spiro atoms. The van der Waals surface area contributed by atoms with Crippen molar-refractivity contribution in [1.29, 1.82) is 0 Å². The summed E-state index contributed by atoms with van der Waals surface area (Å²) in [5.41, 5.74) is 7.79. The number of aromatic nitrogens is 2. The number of amides is 1. The first-order chi connectivity index (χ1) is 15.2. The predicted molar refractivity (Wildman–Crippen MR) is 123 cm³/mol. The van der Waals surface area contributed by atoms with Gasteiger partial charge in [0.25, 0.3) is 5.91 Å². The number of H-pyrrole nitrogens is 1. The SMILES string of the molecule is Cc1ccc(CN2CCC(CNC(=O)c3[nH]nc4c3CCc3ccccc3-4)CC2)cc1. The molecule has 2 aliphatic rings. The van der Waals surface area contributed by atoms with Crippen molar-refractivity contribution in [3.05, 3.63) is 76.5 Å². The second-order valence-corrected chi connectivity index (χ2v) is 9.00. The molecule has 31 heavy (non-hydrogen) atoms. The molecular weight excluding hydrogens is 384 g/mol. The summed E-state index contributed by atoms with van der Waals surface area (Å²) in [5, 5.41) is 10.7. The van der Waals surface area contributed by atoms with Gasteiger partial charge in [0.05, 0.1) is 5.69 Å². The number of benzene rings is 2. The van der Waals surface area contributed by atoms with Crippen LogP contribution in [0.1, 0.15) is 45.6 Å². The Labute approximate surface area is 183 Å². The number of nitrogens with zero attached hydrogens (tertiary/aromatic N) is 2. The lowest BCUT2D eigenvalue weighted by Gasteiger charge is -2.32. The van der Waals surface area contributed by atoms with E-state index >= 15 is 0 Å². The highest BCUT2D eigenvalue weighted by molar-refractivity contribution is 5.96. The lowest BCUT2D eigenvalue weighted by atomic mass is 9.89. The van der Waals surface area contributed by atoms with Gasteiger partial charge in [-0.3, -0.25) is 14.8 Å². The lowest BCUT2D eigenvalue weighted by Crippen LogP contribution is -2.38. The van der Waals surface area contributed by atoms with Crippen molar-refractivity contribution in [3.63, 3.8) is 0 Å². The van der Waals surface area contributed by atoms with E-state index in [0.29, 0.717) is 11.6 Å². The molecule has 0 bridgehead atoms. The van der Waals surface area contributed by atoms with Gasteiger partial charge < -0.3 is 5.32 Å². The number of hydrogen-bond donors (Lipinski definition) is 2. The van der Waals surface area contributed by atoms with Gasteiger partial charge >= 0.3 is 0 Å². The smallest absolute Gasteiger partial charge is 0.269 e. The number of hydrogen-bond acceptors (Lipinski definition) is 3. The Balaban J connectivity index is 1.14. The quantitative estimate of drug-likeness (QED) is 0.660. The number of carbonyl (C=O) groups is 1. The van der Waals surface area contributed by atoms with Gasteiger partial charge in [0.2, 0.25) is 0 Å². The van der Waals surface area contributed by atoms with Crippen LogP contribution in [0.3, 0.4) is 0 Å². The Kier molecular flexibility index (Phi) is 5.60. The minimum atomic E-state index is -0.0183. The molecule has 5 rings (SSSR count). The maximum absolute atomic E-state index is 12.9. The average molecular weight is 415 g/mol. The van der Waals surface area contributed by atoms with Gasteiger partial charge in [0, 0.05) is 24.2 Å². The Hall–Kier alpha value is -2.92. The fourth-order valence-corrected chi connectivity index (χ4v) is 4.87. The second-order valence-electron chi connectivity index (χ2n) is 9.00. The lowest BCUT2D eigenvalue weighted by molar-refractivity contribution is 0.0929. The molecule has 0 atom stereocenters. The molecule has 0 radical (unpaired) electrons. The molecule has 0 unspecified atom stereocenters. The van der Waals surface area contributed by atoms with E-state index in [0.717, 1.165) is 68.7 Å². The van der Waals surface area contributed by atoms with Crippen LogP contribution in [0.15, 0.2) is 48.5 Å². The molecule has 3 aromatic rings. The van der Waals surface area contributed by atoms with Crippen molar-refractivity contribution in [2.75, 3.05) is 19.6 Å². The second kappa shape index (κ2) is 8.67. The van der Waals surface area contributed by atoms with Gasteiger partial charge in [-0.15, -0.1) is 0 Å². The highest BCUT2D eigenvalue weighted by Gasteiger charge is 2.26. The Morgan fingerprint density at radius 3 is 2.68 bits per heavy atom. The highest BCUT2D eigenvalue weighted by Crippen LogP contribution is 2.33. The molecule has 0 saturated carbocycles. The highest BCUT2D eigenvalue weighted by atomic mass is 16.1. The van der Waals surface area contributed by atoms with Gasteiger partial charge in [-0.2, -0.15) is 5.10 Å². The number of aryl methyl sites for hydroxylation is 2. The fraction of sp³-hybridized carbons (Fsp3) is 0.385. The van der Waals surface area contributed by atoms with E-state index in [1.54, 1.807) is 0 Å². The summed E-state index contributed by atoms with van der Waals surface area (Å²) in [6.07, 6.45) is 4.08. The van der Waals surface area contributed by atoms with Crippen LogP contribution in [0.4, 0.5) is 0 Å². The first kappa shape index (κ1) is 20.0. The Morgan fingerprint density at radius 1 is 1.10 bits per heavy atom. The van der Waals surface area contributed by atoms with Gasteiger partial charge in [-0.05, 0) is 62.7 Å². The molecular formula is C26H30N4O. The number of rotatable bonds is 5. The number of piperidine rings is 1. The zero-order chi connectivity index (χ0) is 21.2. The third-order valence-electron chi connectivity index (χ3n) is 6.80. The van der Waals surface area contributed by atoms with E-state index in [1.807, 2.05) is 6.07 Å². The van der Waals surface area contributed by atoms with Crippen molar-refractivity contribution in [1.82, 2.24) is 20.4 Å². The summed E-state index contributed by atoms with van der Waals surface area (Å²) in [4.78, 5) is 15.4. The third kappa shape index (κ3) is 4.28. The summed E-state index contributed by atoms with van der Waals surface area (Å²) < 4.78 is 0. The van der Waals surface area contributed by atoms with E-state index in [2.05, 4.69) is 69.8 Å². The summed E-state index contributed by atoms with van der Waals surface area (Å²) in [5.74, 6) is 0.521. The van der Waals surface area contributed by atoms with E-state index < -0.39 is 0 Å². The Morgan fingerprint density at radius 2 is 1.87 bits per heavy atom. The van der Waals surface area contributed by atoms with Crippen LogP contribution >= 0.6 is 0 Å². The van der Waals surface area contributed by atoms with Gasteiger partial charge in [0.15, 0.2) is 0 Å². The molecule has 5 heteroatoms. The summed E-state index contributed by atoms with van der Waals surface area (Å²) >= 11 is 0. The van der Waals surface area contributed by atoms with Crippen LogP contribution in [0.5, 0.6) is 0 Å². The van der Waals surface area contributed by atoms with E-state index in [9.17, 15) is 4.79 Å². The maximum Gasteiger partial charge on any atom is 0.269 e. The molecule has 2 heterocycles. The summed E-state index contributed by atoms with van der Waals surface area (Å²) in [6, 6.07) is 17.2. The van der Waals surface area contributed by atoms with E-state index in [1.165, 1.54) is 16.7 Å². The van der Waals surface area contributed by atoms with Crippen molar-refractivity contribution < 1.29 is 4.79 Å². The van der Waals surface area contributed by atoms with Crippen LogP contribution in [-0.4, -0.2) is 40.6 Å². The summed E-state index contributed by atoms with van der Waals surface area (Å²) in [7, 11) is 0. The van der Waals surface area contributed by atoms with Crippen molar-refractivity contribution >= 4 is 5.91 Å². The standard InChI is InChI=1S/C26H30N4O/c1-18-6-8-20(9-7-18)17-30-14-12-19(13-15-30)16-27-26(31)25-23-11-10-21-4-2-3-5-22(21)24(23)28-29-25/h2-9,19H,10-17H2,1H3,(H,27,31)(H,28,29). The minimum Gasteiger partial charge on any atom is -0.350 e. The zero-order valence-electron chi connectivity index (χ0n) is 18.2. The molecule has 5 nitrogen and oxygen atoms in total. The first-order valence-corrected chi connectivity index (χ1v) is 11.4. The first-order valence-electron chi connectivity index (χ1n) is 11.4. The van der Waals surface area contributed by atoms with Crippen molar-refractivity contribution in [2.45, 2.75) is 39.2 Å². The van der Waals surface area contributed by atoms with Gasteiger partial charge in [-0.1, -0.05) is 54.1 Å². The molecule has 1 fully saturated rings. The van der Waals surface area contributed by atoms with E-state index in [4.69, 9.17) is 0 Å². The molecule has 2 aromatic carbocycles. The number of fused-ring (bicyclic) bond motifs is 3. The predicted octanol–water partition coefficient (Wildman–Crippen LogP) is 4.13. The van der Waals surface area contributed by atoms with Crippen LogP contribution in [0.2, 0.25) is 0 Å². The fourth-order valence-electron chi connectivity index (χ4n) is 4.87. The zero-order valence-corrected chi connectivity index (χ0v) is 18.2. The molecule has 1 aliphatic carbocycles. The average Bonchev–Trinajstić information content (AvgIpc) is 3.25. The number of aromatic amines is 1. The van der Waals surface area contributed by atoms with Gasteiger partial charge in [-0.25, -0.2) is 0 Å². The maximum atomic E-state index is 12.9. The van der Waals surface area contributed by atoms with Crippen molar-refractivity contribution in [3.8, 4) is 11.3 Å². The molecule has 1 saturated heterocycles. The molecule has 160 valence electrons. The van der Waals surface area contributed by atoms with Crippen LogP contribution in [-0.2, 0) is 19.4 Å². The molecule has 1 aliphatic heterocycles. The molecule has 1 aromatic heterocycles. The Bertz CT molecular complexity index is 1060. The normalized spacial score (nSPS) is 16.5. The van der Waals surface area contributed by atoms with Crippen LogP contribution in [0.25, 0.3) is 11.3 Å². The number of nitrogens with one attached hydrogen (secondary N) is 2. The van der Waals surface area contributed by atoms with Gasteiger partial charge in [0.1, 0.15) is 5.69 Å². The monoisotopic (exact) mass is 414 g/mol. The molecule has 2 N–H and O–H groups in total. The van der Waals surface area contributed by atoms with Crippen LogP contribution < -0.4 is 5.32 Å². The van der Waals surface area contributed by atoms with Crippen molar-refractivity contribution in [2.24, 2.45) is 5.92 Å². The number of carbonyl (C=O) groups excluding carboxylic acids is 1. The number of likely N-dealkylation sites (tertiary alicyclic amines) is 1. The summed E-state index contributed by atoms with van der Waals surface area (Å²) in [6.45, 7) is 6.06.